The molecule has 25 heavy (non-hydrogen) atoms. The summed E-state index contributed by atoms with van der Waals surface area (Å²) < 4.78 is 0. The van der Waals surface area contributed by atoms with Gasteiger partial charge in [0.15, 0.2) is 0 Å². The van der Waals surface area contributed by atoms with E-state index in [4.69, 9.17) is 10.2 Å². The molecule has 0 saturated heterocycles. The van der Waals surface area contributed by atoms with E-state index in [-0.39, 0.29) is 11.1 Å². The molecule has 0 heterocycles. The predicted molar refractivity (Wildman–Crippen MR) is 101 cm³/mol. The largest absolute Gasteiger partial charge is 0.478 e. The molecule has 0 spiro atoms. The van der Waals surface area contributed by atoms with Crippen LogP contribution in [0.5, 0.6) is 0 Å². The molecule has 5 nitrogen and oxygen atoms in total. The van der Waals surface area contributed by atoms with E-state index in [2.05, 4.69) is 19.2 Å². The maximum Gasteiger partial charge on any atom is 0.335 e. The second-order valence-corrected chi connectivity index (χ2v) is 6.65. The van der Waals surface area contributed by atoms with Crippen molar-refractivity contribution in [3.05, 3.63) is 29.3 Å². The van der Waals surface area contributed by atoms with E-state index in [1.54, 1.807) is 0 Å². The van der Waals surface area contributed by atoms with Crippen LogP contribution >= 0.6 is 0 Å². The lowest BCUT2D eigenvalue weighted by Crippen LogP contribution is -2.15. The SMILES string of the molecule is CCCCCCC(CCCC)CNc1cc(C(=O)O)cc(C(=O)O)c1. The molecule has 0 bridgehead atoms. The van der Waals surface area contributed by atoms with Crippen LogP contribution in [0.1, 0.15) is 85.9 Å². The smallest absolute Gasteiger partial charge is 0.335 e. The van der Waals surface area contributed by atoms with E-state index in [9.17, 15) is 9.59 Å². The highest BCUT2D eigenvalue weighted by Gasteiger charge is 2.13. The van der Waals surface area contributed by atoms with Crippen LogP contribution < -0.4 is 5.32 Å². The molecule has 5 heteroatoms. The van der Waals surface area contributed by atoms with Gasteiger partial charge in [0.25, 0.3) is 0 Å². The number of carboxylic acid groups (broad SMARTS) is 2. The topological polar surface area (TPSA) is 86.6 Å². The van der Waals surface area contributed by atoms with Crippen molar-refractivity contribution in [1.29, 1.82) is 0 Å². The Labute approximate surface area is 150 Å². The quantitative estimate of drug-likeness (QED) is 0.422. The van der Waals surface area contributed by atoms with Crippen molar-refractivity contribution in [2.24, 2.45) is 5.92 Å². The highest BCUT2D eigenvalue weighted by Crippen LogP contribution is 2.20. The number of anilines is 1. The third-order valence-electron chi connectivity index (χ3n) is 4.45. The van der Waals surface area contributed by atoms with Gasteiger partial charge in [0.1, 0.15) is 0 Å². The average molecular weight is 349 g/mol. The molecule has 0 aliphatic rings. The number of carboxylic acids is 2. The fourth-order valence-electron chi connectivity index (χ4n) is 2.94. The Morgan fingerprint density at radius 2 is 1.44 bits per heavy atom. The molecule has 1 rings (SSSR count). The van der Waals surface area contributed by atoms with Gasteiger partial charge in [-0.25, -0.2) is 9.59 Å². The predicted octanol–water partition coefficient (Wildman–Crippen LogP) is 5.27. The van der Waals surface area contributed by atoms with E-state index < -0.39 is 11.9 Å². The van der Waals surface area contributed by atoms with Gasteiger partial charge in [0, 0.05) is 12.2 Å². The first-order chi connectivity index (χ1) is 12.0. The number of rotatable bonds is 13. The van der Waals surface area contributed by atoms with Gasteiger partial charge >= 0.3 is 11.9 Å². The molecule has 140 valence electrons. The first-order valence-corrected chi connectivity index (χ1v) is 9.33. The minimum Gasteiger partial charge on any atom is -0.478 e. The molecule has 0 fully saturated rings. The van der Waals surface area contributed by atoms with Crippen LogP contribution in [-0.2, 0) is 0 Å². The second kappa shape index (κ2) is 11.5. The maximum atomic E-state index is 11.2. The van der Waals surface area contributed by atoms with Crippen molar-refractivity contribution >= 4 is 17.6 Å². The van der Waals surface area contributed by atoms with E-state index in [1.807, 2.05) is 0 Å². The summed E-state index contributed by atoms with van der Waals surface area (Å²) in [6.45, 7) is 5.12. The van der Waals surface area contributed by atoms with Crippen LogP contribution in [0.15, 0.2) is 18.2 Å². The summed E-state index contributed by atoms with van der Waals surface area (Å²) >= 11 is 0. The van der Waals surface area contributed by atoms with Crippen molar-refractivity contribution in [3.63, 3.8) is 0 Å². The zero-order chi connectivity index (χ0) is 18.7. The van der Waals surface area contributed by atoms with E-state index in [1.165, 1.54) is 50.3 Å². The van der Waals surface area contributed by atoms with Gasteiger partial charge in [-0.05, 0) is 37.0 Å². The Bertz CT molecular complexity index is 524. The Balaban J connectivity index is 2.72. The van der Waals surface area contributed by atoms with Crippen molar-refractivity contribution < 1.29 is 19.8 Å². The fraction of sp³-hybridized carbons (Fsp3) is 0.600. The third-order valence-corrected chi connectivity index (χ3v) is 4.45. The molecular weight excluding hydrogens is 318 g/mol. The van der Waals surface area contributed by atoms with Gasteiger partial charge in [0.2, 0.25) is 0 Å². The molecule has 0 saturated carbocycles. The van der Waals surface area contributed by atoms with Crippen LogP contribution in [0.4, 0.5) is 5.69 Å². The summed E-state index contributed by atoms with van der Waals surface area (Å²) in [5.74, 6) is -1.71. The summed E-state index contributed by atoms with van der Waals surface area (Å²) in [4.78, 5) is 22.4. The Hall–Kier alpha value is -2.04. The summed E-state index contributed by atoms with van der Waals surface area (Å²) in [6, 6.07) is 4.20. The number of unbranched alkanes of at least 4 members (excludes halogenated alkanes) is 4. The van der Waals surface area contributed by atoms with Crippen LogP contribution in [0.25, 0.3) is 0 Å². The Morgan fingerprint density at radius 3 is 1.96 bits per heavy atom. The summed E-state index contributed by atoms with van der Waals surface area (Å²) in [5, 5.41) is 21.6. The lowest BCUT2D eigenvalue weighted by atomic mass is 9.95. The van der Waals surface area contributed by atoms with Gasteiger partial charge in [-0.15, -0.1) is 0 Å². The number of hydrogen-bond donors (Lipinski definition) is 3. The Morgan fingerprint density at radius 1 is 0.880 bits per heavy atom. The molecule has 1 aromatic rings. The highest BCUT2D eigenvalue weighted by atomic mass is 16.4. The first-order valence-electron chi connectivity index (χ1n) is 9.33. The minimum atomic E-state index is -1.12. The Kier molecular flexibility index (Phi) is 9.66. The molecule has 1 unspecified atom stereocenters. The van der Waals surface area contributed by atoms with Gasteiger partial charge in [-0.3, -0.25) is 0 Å². The van der Waals surface area contributed by atoms with E-state index in [0.717, 1.165) is 25.8 Å². The fourth-order valence-corrected chi connectivity index (χ4v) is 2.94. The number of hydrogen-bond acceptors (Lipinski definition) is 3. The maximum absolute atomic E-state index is 11.2. The van der Waals surface area contributed by atoms with E-state index in [0.29, 0.717) is 11.6 Å². The second-order valence-electron chi connectivity index (χ2n) is 6.65. The zero-order valence-corrected chi connectivity index (χ0v) is 15.4. The third kappa shape index (κ3) is 8.05. The van der Waals surface area contributed by atoms with Gasteiger partial charge in [-0.2, -0.15) is 0 Å². The molecule has 0 aliphatic heterocycles. The first kappa shape index (κ1) is 21.0. The normalized spacial score (nSPS) is 11.9. The highest BCUT2D eigenvalue weighted by molar-refractivity contribution is 5.95. The molecule has 0 radical (unpaired) electrons. The van der Waals surface area contributed by atoms with Gasteiger partial charge in [-0.1, -0.05) is 52.4 Å². The molecule has 0 aliphatic carbocycles. The van der Waals surface area contributed by atoms with Crippen molar-refractivity contribution in [1.82, 2.24) is 0 Å². The number of benzene rings is 1. The van der Waals surface area contributed by atoms with Crippen LogP contribution in [0, 0.1) is 5.92 Å². The monoisotopic (exact) mass is 349 g/mol. The number of nitrogens with one attached hydrogen (secondary N) is 1. The number of carbonyl (C=O) groups is 2. The van der Waals surface area contributed by atoms with Crippen molar-refractivity contribution in [3.8, 4) is 0 Å². The standard InChI is InChI=1S/C20H31NO4/c1-3-5-7-8-10-15(9-6-4-2)14-21-18-12-16(19(22)23)11-17(13-18)20(24)25/h11-13,15,21H,3-10,14H2,1-2H3,(H,22,23)(H,24,25). The summed E-state index contributed by atoms with van der Waals surface area (Å²) in [7, 11) is 0. The number of aromatic carboxylic acids is 2. The molecule has 1 atom stereocenters. The minimum absolute atomic E-state index is 0.00421. The molecule has 1 aromatic carbocycles. The molecule has 0 amide bonds. The van der Waals surface area contributed by atoms with Crippen molar-refractivity contribution in [2.45, 2.75) is 65.2 Å². The molecule has 3 N–H and O–H groups in total. The molecule has 0 aromatic heterocycles. The lowest BCUT2D eigenvalue weighted by Gasteiger charge is -2.18. The van der Waals surface area contributed by atoms with E-state index >= 15 is 0 Å². The zero-order valence-electron chi connectivity index (χ0n) is 15.4. The van der Waals surface area contributed by atoms with Crippen LogP contribution in [0.2, 0.25) is 0 Å². The summed E-state index contributed by atoms with van der Waals surface area (Å²) in [5.41, 5.74) is 0.554. The van der Waals surface area contributed by atoms with Crippen LogP contribution in [-0.4, -0.2) is 28.7 Å². The average Bonchev–Trinajstić information content (AvgIpc) is 2.59. The van der Waals surface area contributed by atoms with Gasteiger partial charge < -0.3 is 15.5 Å². The van der Waals surface area contributed by atoms with Crippen LogP contribution in [0.3, 0.4) is 0 Å². The molecular formula is C20H31NO4. The van der Waals surface area contributed by atoms with Gasteiger partial charge in [0.05, 0.1) is 11.1 Å². The summed E-state index contributed by atoms with van der Waals surface area (Å²) in [6.07, 6.45) is 9.56. The van der Waals surface area contributed by atoms with Crippen molar-refractivity contribution in [2.75, 3.05) is 11.9 Å². The lowest BCUT2D eigenvalue weighted by molar-refractivity contribution is 0.0696.